The van der Waals surface area contributed by atoms with E-state index in [1.54, 1.807) is 0 Å². The molecule has 0 aliphatic rings. The van der Waals surface area contributed by atoms with E-state index in [9.17, 15) is 0 Å². The molecule has 0 fully saturated rings. The number of fused-ring (bicyclic) bond motifs is 1. The molecular weight excluding hydrogens is 392 g/mol. The summed E-state index contributed by atoms with van der Waals surface area (Å²) in [7, 11) is 4.11. The molecule has 2 N–H and O–H groups in total. The lowest BCUT2D eigenvalue weighted by Gasteiger charge is -2.22. The number of nitrogens with one attached hydrogen (secondary N) is 2. The summed E-state index contributed by atoms with van der Waals surface area (Å²) in [5, 5.41) is 3.37. The van der Waals surface area contributed by atoms with Crippen molar-refractivity contribution in [2.75, 3.05) is 20.1 Å². The van der Waals surface area contributed by atoms with Gasteiger partial charge in [-0.1, -0.05) is 12.1 Å². The lowest BCUT2D eigenvalue weighted by Crippen LogP contribution is -2.39. The molecule has 3 rings (SSSR count). The number of benzene rings is 1. The highest BCUT2D eigenvalue weighted by molar-refractivity contribution is 9.10. The fourth-order valence-corrected chi connectivity index (χ4v) is 3.47. The smallest absolute Gasteiger partial charge is 0.194 e. The van der Waals surface area contributed by atoms with Crippen LogP contribution in [0.4, 0.5) is 0 Å². The Morgan fingerprint density at radius 1 is 1.38 bits per heavy atom. The predicted octanol–water partition coefficient (Wildman–Crippen LogP) is 3.30. The molecular formula is C19H25BrN6. The second-order valence-corrected chi connectivity index (χ2v) is 7.22. The summed E-state index contributed by atoms with van der Waals surface area (Å²) in [6.07, 6.45) is 2.85. The normalized spacial score (nSPS) is 11.9. The van der Waals surface area contributed by atoms with Crippen LogP contribution in [-0.2, 0) is 20.0 Å². The van der Waals surface area contributed by atoms with Crippen LogP contribution < -0.4 is 5.32 Å². The first kappa shape index (κ1) is 18.5. The molecule has 2 heterocycles. The van der Waals surface area contributed by atoms with Crippen molar-refractivity contribution in [3.8, 4) is 0 Å². The molecule has 2 aromatic heterocycles. The Bertz CT molecular complexity index is 861. The maximum atomic E-state index is 4.76. The number of rotatable bonds is 6. The van der Waals surface area contributed by atoms with Gasteiger partial charge in [0, 0.05) is 50.0 Å². The molecule has 0 saturated heterocycles. The minimum absolute atomic E-state index is 0.684. The summed E-state index contributed by atoms with van der Waals surface area (Å²) in [6, 6.07) is 10.2. The molecule has 0 atom stereocenters. The number of imidazole rings is 1. The maximum Gasteiger partial charge on any atom is 0.194 e. The number of guanidine groups is 1. The molecule has 1 aromatic carbocycles. The largest absolute Gasteiger partial charge is 0.357 e. The van der Waals surface area contributed by atoms with Gasteiger partial charge in [0.05, 0.1) is 17.6 Å². The molecule has 3 aromatic rings. The summed E-state index contributed by atoms with van der Waals surface area (Å²) in [5.74, 6) is 1.88. The molecule has 0 bridgehead atoms. The van der Waals surface area contributed by atoms with Crippen molar-refractivity contribution in [1.82, 2.24) is 24.8 Å². The molecule has 0 unspecified atom stereocenters. The number of halogens is 1. The third kappa shape index (κ3) is 4.46. The van der Waals surface area contributed by atoms with Gasteiger partial charge < -0.3 is 19.8 Å². The Morgan fingerprint density at radius 3 is 2.88 bits per heavy atom. The number of aliphatic imine (C=N–C) groups is 1. The first-order chi connectivity index (χ1) is 12.6. The zero-order valence-electron chi connectivity index (χ0n) is 15.5. The second-order valence-electron chi connectivity index (χ2n) is 6.30. The quantitative estimate of drug-likeness (QED) is 0.478. The molecule has 0 amide bonds. The highest BCUT2D eigenvalue weighted by atomic mass is 79.9. The van der Waals surface area contributed by atoms with E-state index in [1.807, 2.05) is 24.3 Å². The summed E-state index contributed by atoms with van der Waals surface area (Å²) >= 11 is 3.53. The van der Waals surface area contributed by atoms with E-state index in [-0.39, 0.29) is 0 Å². The van der Waals surface area contributed by atoms with Crippen LogP contribution in [-0.4, -0.2) is 45.5 Å². The van der Waals surface area contributed by atoms with Gasteiger partial charge in [-0.05, 0) is 41.1 Å². The highest BCUT2D eigenvalue weighted by Crippen LogP contribution is 2.15. The lowest BCUT2D eigenvalue weighted by molar-refractivity contribution is 0.462. The van der Waals surface area contributed by atoms with Gasteiger partial charge in [0.1, 0.15) is 5.82 Å². The first-order valence-corrected chi connectivity index (χ1v) is 9.60. The van der Waals surface area contributed by atoms with Crippen LogP contribution in [0.3, 0.4) is 0 Å². The minimum Gasteiger partial charge on any atom is -0.357 e. The monoisotopic (exact) mass is 416 g/mol. The molecule has 26 heavy (non-hydrogen) atoms. The van der Waals surface area contributed by atoms with Gasteiger partial charge in [0.25, 0.3) is 0 Å². The van der Waals surface area contributed by atoms with Crippen LogP contribution >= 0.6 is 15.9 Å². The molecule has 7 heteroatoms. The number of aromatic amines is 1. The van der Waals surface area contributed by atoms with E-state index < -0.39 is 0 Å². The Balaban J connectivity index is 1.65. The van der Waals surface area contributed by atoms with Gasteiger partial charge in [0.15, 0.2) is 5.96 Å². The van der Waals surface area contributed by atoms with E-state index in [0.29, 0.717) is 6.54 Å². The molecule has 6 nitrogen and oxygen atoms in total. The van der Waals surface area contributed by atoms with Crippen molar-refractivity contribution < 1.29 is 0 Å². The SMILES string of the molecule is CCNC(=NCCc1nc2ccccc2[nH]1)N(C)Cc1cc(Br)cn1C. The van der Waals surface area contributed by atoms with Crippen molar-refractivity contribution in [1.29, 1.82) is 0 Å². The van der Waals surface area contributed by atoms with E-state index in [1.165, 1.54) is 5.69 Å². The Morgan fingerprint density at radius 2 is 2.19 bits per heavy atom. The van der Waals surface area contributed by atoms with E-state index >= 15 is 0 Å². The van der Waals surface area contributed by atoms with Crippen molar-refractivity contribution >= 4 is 32.9 Å². The number of nitrogens with zero attached hydrogens (tertiary/aromatic N) is 4. The number of H-pyrrole nitrogens is 1. The van der Waals surface area contributed by atoms with Crippen LogP contribution in [0, 0.1) is 0 Å². The van der Waals surface area contributed by atoms with Crippen molar-refractivity contribution in [3.05, 3.63) is 52.5 Å². The molecule has 0 saturated carbocycles. The van der Waals surface area contributed by atoms with Gasteiger partial charge in [-0.3, -0.25) is 4.99 Å². The Labute approximate surface area is 162 Å². The van der Waals surface area contributed by atoms with Gasteiger partial charge in [0.2, 0.25) is 0 Å². The van der Waals surface area contributed by atoms with E-state index in [0.717, 1.165) is 46.8 Å². The van der Waals surface area contributed by atoms with Crippen LogP contribution in [0.25, 0.3) is 11.0 Å². The van der Waals surface area contributed by atoms with Crippen molar-refractivity contribution in [2.45, 2.75) is 19.9 Å². The molecule has 138 valence electrons. The van der Waals surface area contributed by atoms with Gasteiger partial charge in [-0.15, -0.1) is 0 Å². The van der Waals surface area contributed by atoms with Crippen LogP contribution in [0.15, 0.2) is 46.0 Å². The lowest BCUT2D eigenvalue weighted by atomic mass is 10.3. The number of hydrogen-bond donors (Lipinski definition) is 2. The Hall–Kier alpha value is -2.28. The third-order valence-electron chi connectivity index (χ3n) is 4.22. The summed E-state index contributed by atoms with van der Waals surface area (Å²) in [4.78, 5) is 14.9. The number of para-hydroxylation sites is 2. The van der Waals surface area contributed by atoms with Gasteiger partial charge in [-0.2, -0.15) is 0 Å². The molecule has 0 aliphatic heterocycles. The standard InChI is InChI=1S/C19H25BrN6/c1-4-21-19(26(3)13-15-11-14(20)12-25(15)2)22-10-9-18-23-16-7-5-6-8-17(16)24-18/h5-8,11-12H,4,9-10,13H2,1-3H3,(H,21,22)(H,23,24). The van der Waals surface area contributed by atoms with Gasteiger partial charge in [-0.25, -0.2) is 4.98 Å². The van der Waals surface area contributed by atoms with Crippen molar-refractivity contribution in [3.63, 3.8) is 0 Å². The Kier molecular flexibility index (Phi) is 5.98. The minimum atomic E-state index is 0.684. The van der Waals surface area contributed by atoms with Crippen LogP contribution in [0.1, 0.15) is 18.4 Å². The van der Waals surface area contributed by atoms with Gasteiger partial charge >= 0.3 is 0 Å². The predicted molar refractivity (Wildman–Crippen MR) is 110 cm³/mol. The number of aryl methyl sites for hydroxylation is 1. The third-order valence-corrected chi connectivity index (χ3v) is 4.65. The zero-order chi connectivity index (χ0) is 18.5. The average Bonchev–Trinajstić information content (AvgIpc) is 3.16. The summed E-state index contributed by atoms with van der Waals surface area (Å²) < 4.78 is 3.22. The van der Waals surface area contributed by atoms with Crippen LogP contribution in [0.5, 0.6) is 0 Å². The second kappa shape index (κ2) is 8.40. The fourth-order valence-electron chi connectivity index (χ4n) is 2.90. The average molecular weight is 417 g/mol. The molecule has 0 radical (unpaired) electrons. The van der Waals surface area contributed by atoms with Crippen LogP contribution in [0.2, 0.25) is 0 Å². The number of hydrogen-bond acceptors (Lipinski definition) is 2. The molecule has 0 aliphatic carbocycles. The summed E-state index contributed by atoms with van der Waals surface area (Å²) in [6.45, 7) is 4.40. The topological polar surface area (TPSA) is 61.2 Å². The van der Waals surface area contributed by atoms with E-state index in [4.69, 9.17) is 4.99 Å². The summed E-state index contributed by atoms with van der Waals surface area (Å²) in [5.41, 5.74) is 3.30. The highest BCUT2D eigenvalue weighted by Gasteiger charge is 2.10. The first-order valence-electron chi connectivity index (χ1n) is 8.80. The number of aromatic nitrogens is 3. The molecule has 0 spiro atoms. The zero-order valence-corrected chi connectivity index (χ0v) is 17.0. The fraction of sp³-hybridized carbons (Fsp3) is 0.368. The van der Waals surface area contributed by atoms with E-state index in [2.05, 4.69) is 74.0 Å². The maximum absolute atomic E-state index is 4.76. The van der Waals surface area contributed by atoms with Crippen molar-refractivity contribution in [2.24, 2.45) is 12.0 Å².